The number of rotatable bonds is 8. The van der Waals surface area contributed by atoms with E-state index in [1.807, 2.05) is 6.92 Å². The molecule has 1 atom stereocenters. The molecule has 0 saturated heterocycles. The van der Waals surface area contributed by atoms with Crippen molar-refractivity contribution in [1.29, 1.82) is 0 Å². The summed E-state index contributed by atoms with van der Waals surface area (Å²) in [5, 5.41) is 11.3. The van der Waals surface area contributed by atoms with Crippen LogP contribution in [0, 0.1) is 5.92 Å². The van der Waals surface area contributed by atoms with Gasteiger partial charge in [-0.15, -0.1) is 10.2 Å². The Morgan fingerprint density at radius 1 is 1.38 bits per heavy atom. The van der Waals surface area contributed by atoms with Crippen molar-refractivity contribution in [3.8, 4) is 17.1 Å². The lowest BCUT2D eigenvalue weighted by molar-refractivity contribution is -0.119. The molecule has 26 heavy (non-hydrogen) atoms. The van der Waals surface area contributed by atoms with Crippen LogP contribution in [0.5, 0.6) is 5.75 Å². The summed E-state index contributed by atoms with van der Waals surface area (Å²) < 4.78 is 29.9. The Morgan fingerprint density at radius 2 is 2.08 bits per heavy atom. The molecular formula is C16H19F2N5O2S. The summed E-state index contributed by atoms with van der Waals surface area (Å²) in [4.78, 5) is 12.0. The standard InChI is InChI=1S/C16H19F2N5O2S/c1-9(10-2-3-10)20-13(24)8-26-16-22-21-14(23(16)19)11-4-6-12(7-5-11)25-15(17)18/h4-7,9-10,15H,2-3,8,19H2,1H3,(H,20,24). The van der Waals surface area contributed by atoms with E-state index in [0.29, 0.717) is 22.5 Å². The molecule has 1 amide bonds. The maximum Gasteiger partial charge on any atom is 0.387 e. The molecule has 1 saturated carbocycles. The lowest BCUT2D eigenvalue weighted by Gasteiger charge is -2.12. The second-order valence-electron chi connectivity index (χ2n) is 6.06. The van der Waals surface area contributed by atoms with Crippen molar-refractivity contribution in [3.63, 3.8) is 0 Å². The number of ether oxygens (including phenoxy) is 1. The highest BCUT2D eigenvalue weighted by Gasteiger charge is 2.28. The van der Waals surface area contributed by atoms with E-state index in [-0.39, 0.29) is 23.5 Å². The van der Waals surface area contributed by atoms with E-state index in [0.717, 1.165) is 12.8 Å². The fourth-order valence-corrected chi connectivity index (χ4v) is 3.17. The summed E-state index contributed by atoms with van der Waals surface area (Å²) >= 11 is 1.18. The molecule has 1 fully saturated rings. The van der Waals surface area contributed by atoms with E-state index in [1.54, 1.807) is 12.1 Å². The first-order valence-corrected chi connectivity index (χ1v) is 9.10. The minimum absolute atomic E-state index is 0.0443. The van der Waals surface area contributed by atoms with Crippen molar-refractivity contribution in [2.45, 2.75) is 37.6 Å². The van der Waals surface area contributed by atoms with Crippen LogP contribution in [-0.4, -0.2) is 39.2 Å². The molecule has 1 unspecified atom stereocenters. The Bertz CT molecular complexity index is 765. The molecule has 7 nitrogen and oxygen atoms in total. The van der Waals surface area contributed by atoms with Gasteiger partial charge in [-0.1, -0.05) is 11.8 Å². The number of aromatic nitrogens is 3. The molecule has 2 aromatic rings. The van der Waals surface area contributed by atoms with Crippen LogP contribution in [0.4, 0.5) is 8.78 Å². The molecule has 0 bridgehead atoms. The predicted molar refractivity (Wildman–Crippen MR) is 93.3 cm³/mol. The minimum Gasteiger partial charge on any atom is -0.435 e. The summed E-state index contributed by atoms with van der Waals surface area (Å²) in [5.74, 6) is 7.10. The number of hydrogen-bond acceptors (Lipinski definition) is 6. The van der Waals surface area contributed by atoms with E-state index in [9.17, 15) is 13.6 Å². The van der Waals surface area contributed by atoms with Gasteiger partial charge in [0, 0.05) is 11.6 Å². The molecule has 1 aliphatic carbocycles. The number of carbonyl (C=O) groups excluding carboxylic acids is 1. The number of hydrogen-bond donors (Lipinski definition) is 2. The largest absolute Gasteiger partial charge is 0.435 e. The number of nitrogens with one attached hydrogen (secondary N) is 1. The first-order valence-electron chi connectivity index (χ1n) is 8.12. The number of halogens is 2. The van der Waals surface area contributed by atoms with Gasteiger partial charge in [-0.25, -0.2) is 4.68 Å². The van der Waals surface area contributed by atoms with Crippen LogP contribution >= 0.6 is 11.8 Å². The molecule has 10 heteroatoms. The summed E-state index contributed by atoms with van der Waals surface area (Å²) in [6.07, 6.45) is 2.33. The van der Waals surface area contributed by atoms with E-state index >= 15 is 0 Å². The number of nitrogen functional groups attached to an aromatic ring is 1. The van der Waals surface area contributed by atoms with E-state index < -0.39 is 6.61 Å². The zero-order chi connectivity index (χ0) is 18.7. The van der Waals surface area contributed by atoms with Gasteiger partial charge >= 0.3 is 6.61 Å². The number of nitrogens with zero attached hydrogens (tertiary/aromatic N) is 3. The smallest absolute Gasteiger partial charge is 0.387 e. The molecule has 1 aromatic heterocycles. The van der Waals surface area contributed by atoms with Gasteiger partial charge in [0.25, 0.3) is 0 Å². The summed E-state index contributed by atoms with van der Waals surface area (Å²) in [6, 6.07) is 6.10. The van der Waals surface area contributed by atoms with Crippen LogP contribution in [0.1, 0.15) is 19.8 Å². The third-order valence-electron chi connectivity index (χ3n) is 4.05. The Kier molecular flexibility index (Phi) is 5.60. The molecule has 140 valence electrons. The highest BCUT2D eigenvalue weighted by Crippen LogP contribution is 2.32. The molecule has 0 aliphatic heterocycles. The van der Waals surface area contributed by atoms with Crippen LogP contribution in [0.2, 0.25) is 0 Å². The monoisotopic (exact) mass is 383 g/mol. The SMILES string of the molecule is CC(NC(=O)CSc1nnc(-c2ccc(OC(F)F)cc2)n1N)C1CC1. The Morgan fingerprint density at radius 3 is 2.69 bits per heavy atom. The quantitative estimate of drug-likeness (QED) is 0.536. The molecule has 1 aliphatic rings. The third-order valence-corrected chi connectivity index (χ3v) is 5.00. The number of amides is 1. The average Bonchev–Trinajstić information content (AvgIpc) is 3.38. The molecule has 1 heterocycles. The molecular weight excluding hydrogens is 364 g/mol. The fourth-order valence-electron chi connectivity index (χ4n) is 2.50. The number of alkyl halides is 2. The maximum absolute atomic E-state index is 12.2. The van der Waals surface area contributed by atoms with Crippen LogP contribution in [0.15, 0.2) is 29.4 Å². The lowest BCUT2D eigenvalue weighted by Crippen LogP contribution is -2.35. The van der Waals surface area contributed by atoms with Gasteiger partial charge in [0.1, 0.15) is 5.75 Å². The second kappa shape index (κ2) is 7.90. The summed E-state index contributed by atoms with van der Waals surface area (Å²) in [5.41, 5.74) is 0.597. The second-order valence-corrected chi connectivity index (χ2v) is 7.00. The first-order chi connectivity index (χ1) is 12.4. The van der Waals surface area contributed by atoms with E-state index in [4.69, 9.17) is 5.84 Å². The molecule has 0 radical (unpaired) electrons. The van der Waals surface area contributed by atoms with Crippen LogP contribution in [-0.2, 0) is 4.79 Å². The van der Waals surface area contributed by atoms with Crippen LogP contribution in [0.3, 0.4) is 0 Å². The normalized spacial score (nSPS) is 15.1. The lowest BCUT2D eigenvalue weighted by atomic mass is 10.2. The van der Waals surface area contributed by atoms with E-state index in [2.05, 4.69) is 20.3 Å². The molecule has 3 N–H and O–H groups in total. The zero-order valence-corrected chi connectivity index (χ0v) is 14.9. The summed E-state index contributed by atoms with van der Waals surface area (Å²) in [6.45, 7) is -0.874. The van der Waals surface area contributed by atoms with Crippen molar-refractivity contribution in [1.82, 2.24) is 20.2 Å². The first kappa shape index (κ1) is 18.4. The van der Waals surface area contributed by atoms with Gasteiger partial charge in [-0.2, -0.15) is 8.78 Å². The number of nitrogens with two attached hydrogens (primary N) is 1. The van der Waals surface area contributed by atoms with Crippen molar-refractivity contribution in [3.05, 3.63) is 24.3 Å². The third kappa shape index (κ3) is 4.63. The van der Waals surface area contributed by atoms with E-state index in [1.165, 1.54) is 28.6 Å². The Balaban J connectivity index is 1.59. The number of thioether (sulfide) groups is 1. The van der Waals surface area contributed by atoms with Crippen molar-refractivity contribution >= 4 is 17.7 Å². The highest BCUT2D eigenvalue weighted by molar-refractivity contribution is 7.99. The van der Waals surface area contributed by atoms with Gasteiger partial charge in [-0.3, -0.25) is 4.79 Å². The minimum atomic E-state index is -2.88. The topological polar surface area (TPSA) is 95.1 Å². The highest BCUT2D eigenvalue weighted by atomic mass is 32.2. The fraction of sp³-hybridized carbons (Fsp3) is 0.438. The summed E-state index contributed by atoms with van der Waals surface area (Å²) in [7, 11) is 0. The molecule has 1 aromatic carbocycles. The molecule has 0 spiro atoms. The van der Waals surface area contributed by atoms with Gasteiger partial charge in [0.15, 0.2) is 5.82 Å². The maximum atomic E-state index is 12.2. The average molecular weight is 383 g/mol. The number of carbonyl (C=O) groups is 1. The number of benzene rings is 1. The van der Waals surface area contributed by atoms with Gasteiger partial charge < -0.3 is 15.9 Å². The van der Waals surface area contributed by atoms with Crippen molar-refractivity contribution in [2.24, 2.45) is 5.92 Å². The molecule has 3 rings (SSSR count). The Hall–Kier alpha value is -2.36. The van der Waals surface area contributed by atoms with Gasteiger partial charge in [0.2, 0.25) is 11.1 Å². The van der Waals surface area contributed by atoms with Crippen LogP contribution in [0.25, 0.3) is 11.4 Å². The van der Waals surface area contributed by atoms with Crippen molar-refractivity contribution in [2.75, 3.05) is 11.6 Å². The van der Waals surface area contributed by atoms with Crippen molar-refractivity contribution < 1.29 is 18.3 Å². The Labute approximate surface area is 153 Å². The zero-order valence-electron chi connectivity index (χ0n) is 14.1. The van der Waals surface area contributed by atoms with Gasteiger partial charge in [-0.05, 0) is 49.9 Å². The van der Waals surface area contributed by atoms with Gasteiger partial charge in [0.05, 0.1) is 5.75 Å². The van der Waals surface area contributed by atoms with Crippen LogP contribution < -0.4 is 15.9 Å². The predicted octanol–water partition coefficient (Wildman–Crippen LogP) is 2.27.